The highest BCUT2D eigenvalue weighted by molar-refractivity contribution is 5.61. The van der Waals surface area contributed by atoms with Gasteiger partial charge in [-0.1, -0.05) is 109 Å². The van der Waals surface area contributed by atoms with Crippen molar-refractivity contribution in [3.8, 4) is 0 Å². The molecule has 0 saturated heterocycles. The standard InChI is InChI=1S/C29H29N/c1-23-15-19-27(20-16-23)30-28-21-17-26(18-22-28)29(2,24-11-7-3-4-8-12-24)25-13-9-5-6-10-14-25/h3-13,15-22,24,30H,14H2,1-2H3. The van der Waals surface area contributed by atoms with Gasteiger partial charge in [-0.15, -0.1) is 0 Å². The molecule has 0 heterocycles. The van der Waals surface area contributed by atoms with Crippen LogP contribution in [0.25, 0.3) is 0 Å². The van der Waals surface area contributed by atoms with Crippen molar-refractivity contribution in [3.05, 3.63) is 132 Å². The molecule has 2 aliphatic carbocycles. The van der Waals surface area contributed by atoms with Gasteiger partial charge >= 0.3 is 0 Å². The Kier molecular flexibility index (Phi) is 5.99. The van der Waals surface area contributed by atoms with Gasteiger partial charge in [-0.3, -0.25) is 0 Å². The summed E-state index contributed by atoms with van der Waals surface area (Å²) < 4.78 is 0. The zero-order valence-electron chi connectivity index (χ0n) is 17.8. The lowest BCUT2D eigenvalue weighted by molar-refractivity contribution is 0.466. The van der Waals surface area contributed by atoms with Gasteiger partial charge in [-0.2, -0.15) is 0 Å². The summed E-state index contributed by atoms with van der Waals surface area (Å²) >= 11 is 0. The zero-order valence-corrected chi connectivity index (χ0v) is 17.8. The van der Waals surface area contributed by atoms with Gasteiger partial charge in [0.1, 0.15) is 0 Å². The molecule has 2 aromatic rings. The van der Waals surface area contributed by atoms with E-state index in [4.69, 9.17) is 0 Å². The Morgan fingerprint density at radius 2 is 1.33 bits per heavy atom. The predicted molar refractivity (Wildman–Crippen MR) is 130 cm³/mol. The predicted octanol–water partition coefficient (Wildman–Crippen LogP) is 7.74. The molecule has 0 radical (unpaired) electrons. The number of aryl methyl sites for hydroxylation is 1. The molecular formula is C29H29N. The largest absolute Gasteiger partial charge is 0.356 e. The normalized spacial score (nSPS) is 17.9. The zero-order chi connectivity index (χ0) is 20.8. The Balaban J connectivity index is 1.68. The minimum atomic E-state index is -0.125. The van der Waals surface area contributed by atoms with Crippen molar-refractivity contribution in [2.24, 2.45) is 5.92 Å². The lowest BCUT2D eigenvalue weighted by Crippen LogP contribution is -2.32. The van der Waals surface area contributed by atoms with Crippen molar-refractivity contribution < 1.29 is 0 Å². The molecular weight excluding hydrogens is 362 g/mol. The van der Waals surface area contributed by atoms with E-state index < -0.39 is 0 Å². The summed E-state index contributed by atoms with van der Waals surface area (Å²) in [5, 5.41) is 3.51. The summed E-state index contributed by atoms with van der Waals surface area (Å²) in [6.07, 6.45) is 25.1. The first-order chi connectivity index (χ1) is 14.7. The van der Waals surface area contributed by atoms with E-state index in [9.17, 15) is 0 Å². The van der Waals surface area contributed by atoms with Crippen LogP contribution in [0.2, 0.25) is 0 Å². The molecule has 0 amide bonds. The summed E-state index contributed by atoms with van der Waals surface area (Å²) in [6.45, 7) is 4.48. The number of allylic oxidation sites excluding steroid dienone is 12. The number of anilines is 2. The fourth-order valence-electron chi connectivity index (χ4n) is 4.20. The van der Waals surface area contributed by atoms with Crippen LogP contribution in [0.4, 0.5) is 11.4 Å². The number of hydrogen-bond donors (Lipinski definition) is 1. The third-order valence-corrected chi connectivity index (χ3v) is 6.12. The average Bonchev–Trinajstić information content (AvgIpc) is 3.21. The van der Waals surface area contributed by atoms with E-state index in [1.54, 1.807) is 0 Å². The molecule has 1 N–H and O–H groups in total. The summed E-state index contributed by atoms with van der Waals surface area (Å²) in [4.78, 5) is 0. The van der Waals surface area contributed by atoms with Crippen molar-refractivity contribution >= 4 is 11.4 Å². The molecule has 0 saturated carbocycles. The second kappa shape index (κ2) is 9.00. The van der Waals surface area contributed by atoms with Crippen LogP contribution in [0, 0.1) is 12.8 Å². The lowest BCUT2D eigenvalue weighted by Gasteiger charge is -2.38. The quantitative estimate of drug-likeness (QED) is 0.549. The first-order valence-corrected chi connectivity index (χ1v) is 10.6. The van der Waals surface area contributed by atoms with Gasteiger partial charge in [0.15, 0.2) is 0 Å². The molecule has 1 heteroatoms. The molecule has 1 atom stereocenters. The van der Waals surface area contributed by atoms with Crippen LogP contribution in [-0.2, 0) is 5.41 Å². The first kappa shape index (κ1) is 20.0. The Morgan fingerprint density at radius 3 is 2.00 bits per heavy atom. The van der Waals surface area contributed by atoms with Crippen molar-refractivity contribution in [3.63, 3.8) is 0 Å². The molecule has 2 aliphatic rings. The molecule has 30 heavy (non-hydrogen) atoms. The van der Waals surface area contributed by atoms with Crippen LogP contribution in [-0.4, -0.2) is 0 Å². The second-order valence-corrected chi connectivity index (χ2v) is 8.16. The van der Waals surface area contributed by atoms with E-state index >= 15 is 0 Å². The molecule has 1 unspecified atom stereocenters. The second-order valence-electron chi connectivity index (χ2n) is 8.16. The van der Waals surface area contributed by atoms with Crippen LogP contribution in [0.3, 0.4) is 0 Å². The van der Waals surface area contributed by atoms with Gasteiger partial charge in [0.25, 0.3) is 0 Å². The smallest absolute Gasteiger partial charge is 0.0384 e. The Bertz CT molecular complexity index is 1030. The van der Waals surface area contributed by atoms with Gasteiger partial charge in [0.2, 0.25) is 0 Å². The third kappa shape index (κ3) is 4.31. The summed E-state index contributed by atoms with van der Waals surface area (Å²) in [5.41, 5.74) is 6.11. The lowest BCUT2D eigenvalue weighted by atomic mass is 9.65. The van der Waals surface area contributed by atoms with Crippen LogP contribution in [0.1, 0.15) is 24.5 Å². The monoisotopic (exact) mass is 391 g/mol. The summed E-state index contributed by atoms with van der Waals surface area (Å²) in [5.74, 6) is 0.287. The fraction of sp³-hybridized carbons (Fsp3) is 0.172. The van der Waals surface area contributed by atoms with Gasteiger partial charge in [0, 0.05) is 22.7 Å². The van der Waals surface area contributed by atoms with Gasteiger partial charge in [-0.05, 0) is 43.2 Å². The molecule has 2 aromatic carbocycles. The van der Waals surface area contributed by atoms with E-state index in [-0.39, 0.29) is 11.3 Å². The number of nitrogens with one attached hydrogen (secondary N) is 1. The SMILES string of the molecule is Cc1ccc(Nc2ccc(C(C)(C3=CC=CC=CC3)C3C=CC=CC=C3)cc2)cc1. The van der Waals surface area contributed by atoms with Crippen LogP contribution >= 0.6 is 0 Å². The third-order valence-electron chi connectivity index (χ3n) is 6.12. The molecule has 0 spiro atoms. The molecule has 1 nitrogen and oxygen atoms in total. The summed E-state index contributed by atoms with van der Waals surface area (Å²) in [7, 11) is 0. The maximum atomic E-state index is 3.51. The highest BCUT2D eigenvalue weighted by Crippen LogP contribution is 2.43. The molecule has 0 aromatic heterocycles. The Morgan fingerprint density at radius 1 is 0.733 bits per heavy atom. The van der Waals surface area contributed by atoms with E-state index in [1.807, 2.05) is 0 Å². The maximum Gasteiger partial charge on any atom is 0.0384 e. The number of hydrogen-bond acceptors (Lipinski definition) is 1. The molecule has 0 bridgehead atoms. The fourth-order valence-corrected chi connectivity index (χ4v) is 4.20. The van der Waals surface area contributed by atoms with Crippen molar-refractivity contribution in [2.45, 2.75) is 25.7 Å². The average molecular weight is 392 g/mol. The highest BCUT2D eigenvalue weighted by atomic mass is 14.9. The first-order valence-electron chi connectivity index (χ1n) is 10.6. The Labute approximate surface area is 180 Å². The topological polar surface area (TPSA) is 12.0 Å². The van der Waals surface area contributed by atoms with Crippen LogP contribution in [0.5, 0.6) is 0 Å². The minimum Gasteiger partial charge on any atom is -0.356 e. The Hall–Kier alpha value is -3.32. The van der Waals surface area contributed by atoms with Gasteiger partial charge in [0.05, 0.1) is 0 Å². The van der Waals surface area contributed by atoms with Crippen LogP contribution in [0.15, 0.2) is 121 Å². The van der Waals surface area contributed by atoms with E-state index in [2.05, 4.69) is 135 Å². The number of rotatable bonds is 5. The molecule has 150 valence electrons. The summed E-state index contributed by atoms with van der Waals surface area (Å²) in [6, 6.07) is 17.4. The van der Waals surface area contributed by atoms with Gasteiger partial charge in [-0.25, -0.2) is 0 Å². The molecule has 4 rings (SSSR count). The van der Waals surface area contributed by atoms with E-state index in [0.29, 0.717) is 0 Å². The van der Waals surface area contributed by atoms with Crippen molar-refractivity contribution in [1.82, 2.24) is 0 Å². The molecule has 0 fully saturated rings. The van der Waals surface area contributed by atoms with Crippen molar-refractivity contribution in [1.29, 1.82) is 0 Å². The number of benzene rings is 2. The maximum absolute atomic E-state index is 3.51. The van der Waals surface area contributed by atoms with Gasteiger partial charge < -0.3 is 5.32 Å². The van der Waals surface area contributed by atoms with Crippen molar-refractivity contribution in [2.75, 3.05) is 5.32 Å². The van der Waals surface area contributed by atoms with E-state index in [1.165, 1.54) is 16.7 Å². The minimum absolute atomic E-state index is 0.125. The highest BCUT2D eigenvalue weighted by Gasteiger charge is 2.36. The van der Waals surface area contributed by atoms with E-state index in [0.717, 1.165) is 17.8 Å². The molecule has 0 aliphatic heterocycles. The van der Waals surface area contributed by atoms with Crippen LogP contribution < -0.4 is 5.32 Å².